The Kier molecular flexibility index (Phi) is 11.7. The number of rotatable bonds is 10. The summed E-state index contributed by atoms with van der Waals surface area (Å²) < 4.78 is 6.11. The fourth-order valence-corrected chi connectivity index (χ4v) is 33.5. The van der Waals surface area contributed by atoms with Crippen molar-refractivity contribution in [3.8, 4) is 0 Å². The van der Waals surface area contributed by atoms with E-state index in [2.05, 4.69) is 26.2 Å². The van der Waals surface area contributed by atoms with Crippen LogP contribution in [0.2, 0.25) is 26.2 Å². The summed E-state index contributed by atoms with van der Waals surface area (Å²) in [6.07, 6.45) is 30.9. The Morgan fingerprint density at radius 2 is 0.657 bits per heavy atom. The highest BCUT2D eigenvalue weighted by molar-refractivity contribution is 7.63. The Bertz CT molecular complexity index is 515. The Hall–Kier alpha value is 1.25. The average molecular weight is 553 g/mol. The van der Waals surface area contributed by atoms with Crippen LogP contribution in [0, 0.1) is 0 Å². The maximum atomic E-state index is 6.11. The molecule has 4 aliphatic carbocycles. The van der Waals surface area contributed by atoms with Gasteiger partial charge < -0.3 is 4.65 Å². The van der Waals surface area contributed by atoms with Gasteiger partial charge in [-0.05, 0) is 74.0 Å². The second kappa shape index (κ2) is 14.1. The van der Waals surface area contributed by atoms with Crippen molar-refractivity contribution >= 4 is 32.3 Å². The van der Waals surface area contributed by atoms with Gasteiger partial charge in [-0.3, -0.25) is 0 Å². The van der Waals surface area contributed by atoms with Crippen molar-refractivity contribution in [1.82, 2.24) is 0 Å². The van der Waals surface area contributed by atoms with E-state index in [4.69, 9.17) is 4.65 Å². The molecule has 0 aromatic carbocycles. The quantitative estimate of drug-likeness (QED) is 0.189. The molecule has 4 saturated carbocycles. The molecule has 0 unspecified atom stereocenters. The fraction of sp³-hybridized carbons (Fsp3) is 1.00. The van der Waals surface area contributed by atoms with Crippen LogP contribution in [0.15, 0.2) is 0 Å². The molecule has 4 aliphatic rings. The van der Waals surface area contributed by atoms with E-state index in [0.717, 1.165) is 22.6 Å². The topological polar surface area (TPSA) is 14.1 Å². The summed E-state index contributed by atoms with van der Waals surface area (Å²) in [5.74, 6) is 3.19. The molecule has 0 heterocycles. The van der Waals surface area contributed by atoms with Gasteiger partial charge in [0, 0.05) is 0 Å². The highest BCUT2D eigenvalue weighted by Crippen LogP contribution is 2.59. The van der Waals surface area contributed by atoms with Crippen LogP contribution in [-0.4, -0.2) is 50.7 Å². The van der Waals surface area contributed by atoms with Gasteiger partial charge in [-0.25, -0.2) is 0 Å². The third-order valence-corrected chi connectivity index (χ3v) is 29.7. The zero-order valence-electron chi connectivity index (χ0n) is 24.2. The summed E-state index contributed by atoms with van der Waals surface area (Å²) in [6.45, 7) is 10.9. The van der Waals surface area contributed by atoms with Crippen molar-refractivity contribution in [2.24, 2.45) is 0 Å². The smallest absolute Gasteiger partial charge is 0.0210 e. The van der Waals surface area contributed by atoms with Gasteiger partial charge in [-0.2, -0.15) is 0 Å². The van der Waals surface area contributed by atoms with Crippen LogP contribution in [0.1, 0.15) is 128 Å². The highest BCUT2D eigenvalue weighted by atomic mass is 31.1. The molecule has 0 aliphatic heterocycles. The van der Waals surface area contributed by atoms with Crippen molar-refractivity contribution in [2.75, 3.05) is 11.6 Å². The molecular weight excluding hydrogens is 492 g/mol. The van der Waals surface area contributed by atoms with Gasteiger partial charge in [0.2, 0.25) is 0 Å². The van der Waals surface area contributed by atoms with Crippen LogP contribution in [0.4, 0.5) is 0 Å². The summed E-state index contributed by atoms with van der Waals surface area (Å²) in [6, 6.07) is 0. The Morgan fingerprint density at radius 3 is 0.886 bits per heavy atom. The summed E-state index contributed by atoms with van der Waals surface area (Å²) in [5, 5.41) is 0. The van der Waals surface area contributed by atoms with E-state index in [0.29, 0.717) is 0 Å². The van der Waals surface area contributed by atoms with Crippen LogP contribution >= 0.6 is 15.8 Å². The van der Waals surface area contributed by atoms with Crippen LogP contribution in [-0.2, 0) is 0 Å². The summed E-state index contributed by atoms with van der Waals surface area (Å²) in [5.41, 5.74) is 4.43. The lowest BCUT2D eigenvalue weighted by Crippen LogP contribution is -2.45. The zero-order valence-corrected chi connectivity index (χ0v) is 28.0. The number of hydrogen-bond donors (Lipinski definition) is 0. The first-order valence-electron chi connectivity index (χ1n) is 16.1. The van der Waals surface area contributed by atoms with E-state index < -0.39 is 16.5 Å². The zero-order chi connectivity index (χ0) is 24.7. The van der Waals surface area contributed by atoms with Crippen LogP contribution in [0.5, 0.6) is 0 Å². The SMILES string of the molecule is C[Si](C)(CP(C1CCCCC1)C1CCCCC1)[N-][Si](C)(C)CP(C1CCCCC1)C1CCCCC1. The van der Waals surface area contributed by atoms with E-state index >= 15 is 0 Å². The third kappa shape index (κ3) is 9.16. The summed E-state index contributed by atoms with van der Waals surface area (Å²) >= 11 is 0. The molecule has 4 rings (SSSR count). The largest absolute Gasteiger partial charge is 0.667 e. The standard InChI is InChI=1S/C30H60NP2Si2/c1-34(2,25-32(27-17-9-5-10-18-27)28-19-11-6-12-20-28)31-35(3,4)26-33(29-21-13-7-14-22-29)30-23-15-8-16-24-30/h27-30H,5-26H2,1-4H3/q-1. The maximum absolute atomic E-state index is 6.11. The predicted octanol–water partition coefficient (Wildman–Crippen LogP) is 11.1. The molecule has 0 radical (unpaired) electrons. The second-order valence-corrected chi connectivity index (χ2v) is 29.9. The monoisotopic (exact) mass is 552 g/mol. The average Bonchev–Trinajstić information content (AvgIpc) is 2.87. The van der Waals surface area contributed by atoms with Gasteiger partial charge in [0.25, 0.3) is 0 Å². The van der Waals surface area contributed by atoms with Gasteiger partial charge in [0.05, 0.1) is 0 Å². The van der Waals surface area contributed by atoms with Crippen molar-refractivity contribution < 1.29 is 0 Å². The van der Waals surface area contributed by atoms with Gasteiger partial charge >= 0.3 is 0 Å². The Morgan fingerprint density at radius 1 is 0.429 bits per heavy atom. The van der Waals surface area contributed by atoms with Crippen LogP contribution < -0.4 is 0 Å². The molecule has 0 bridgehead atoms. The molecular formula is C30H60NP2Si2-. The number of nitrogens with zero attached hydrogens (tertiary/aromatic N) is 1. The van der Waals surface area contributed by atoms with E-state index in [1.807, 2.05) is 0 Å². The van der Waals surface area contributed by atoms with E-state index in [9.17, 15) is 0 Å². The summed E-state index contributed by atoms with van der Waals surface area (Å²) in [4.78, 5) is 0. The highest BCUT2D eigenvalue weighted by Gasteiger charge is 2.36. The molecule has 0 aromatic rings. The molecule has 0 N–H and O–H groups in total. The molecule has 204 valence electrons. The molecule has 0 spiro atoms. The van der Waals surface area contributed by atoms with Gasteiger partial charge in [-0.1, -0.05) is 131 Å². The third-order valence-electron chi connectivity index (χ3n) is 9.92. The first-order valence-corrected chi connectivity index (χ1v) is 25.7. The molecule has 0 atom stereocenters. The lowest BCUT2D eigenvalue weighted by molar-refractivity contribution is 0.485. The second-order valence-electron chi connectivity index (χ2n) is 14.2. The first kappa shape index (κ1) is 29.2. The molecule has 5 heteroatoms. The Balaban J connectivity index is 1.42. The van der Waals surface area contributed by atoms with E-state index in [-0.39, 0.29) is 15.8 Å². The molecule has 35 heavy (non-hydrogen) atoms. The molecule has 1 nitrogen and oxygen atoms in total. The van der Waals surface area contributed by atoms with E-state index in [1.54, 1.807) is 62.9 Å². The first-order chi connectivity index (χ1) is 16.8. The maximum Gasteiger partial charge on any atom is -0.0210 e. The van der Waals surface area contributed by atoms with E-state index in [1.165, 1.54) is 77.0 Å². The van der Waals surface area contributed by atoms with Crippen molar-refractivity contribution in [3.05, 3.63) is 4.65 Å². The lowest BCUT2D eigenvalue weighted by Gasteiger charge is -2.55. The molecule has 0 saturated heterocycles. The van der Waals surface area contributed by atoms with Crippen molar-refractivity contribution in [3.63, 3.8) is 0 Å². The van der Waals surface area contributed by atoms with Crippen molar-refractivity contribution in [1.29, 1.82) is 0 Å². The molecule has 0 amide bonds. The minimum atomic E-state index is -1.51. The Labute approximate surface area is 225 Å². The van der Waals surface area contributed by atoms with Crippen molar-refractivity contribution in [2.45, 2.75) is 177 Å². The summed E-state index contributed by atoms with van der Waals surface area (Å²) in [7, 11) is -2.59. The fourth-order valence-electron chi connectivity index (χ4n) is 8.55. The van der Waals surface area contributed by atoms with Crippen LogP contribution in [0.25, 0.3) is 4.65 Å². The molecule has 0 aromatic heterocycles. The lowest BCUT2D eigenvalue weighted by atomic mass is 9.99. The normalized spacial score (nSPS) is 25.5. The van der Waals surface area contributed by atoms with Gasteiger partial charge in [0.15, 0.2) is 0 Å². The van der Waals surface area contributed by atoms with Gasteiger partial charge in [0.1, 0.15) is 0 Å². The van der Waals surface area contributed by atoms with Gasteiger partial charge in [-0.15, -0.1) is 15.8 Å². The van der Waals surface area contributed by atoms with Crippen LogP contribution in [0.3, 0.4) is 0 Å². The number of hydrogen-bond acceptors (Lipinski definition) is 0. The predicted molar refractivity (Wildman–Crippen MR) is 169 cm³/mol. The minimum Gasteiger partial charge on any atom is -0.667 e. The minimum absolute atomic E-state index is 0.213. The molecule has 4 fully saturated rings.